The van der Waals surface area contributed by atoms with E-state index in [1.54, 1.807) is 6.92 Å². The Morgan fingerprint density at radius 2 is 1.53 bits per heavy atom. The summed E-state index contributed by atoms with van der Waals surface area (Å²) >= 11 is -2.72. The van der Waals surface area contributed by atoms with Gasteiger partial charge in [-0.1, -0.05) is 37.6 Å². The molecule has 0 saturated heterocycles. The molecule has 170 valence electrons. The maximum absolute atomic E-state index is 13.7. The summed E-state index contributed by atoms with van der Waals surface area (Å²) in [5, 5.41) is 0. The predicted molar refractivity (Wildman–Crippen MR) is 95.2 cm³/mol. The molecular weight excluding hydrogens is 438 g/mol. The zero-order chi connectivity index (χ0) is 22.8. The highest BCUT2D eigenvalue weighted by molar-refractivity contribution is 7.80. The molecule has 11 heteroatoms. The third kappa shape index (κ3) is 4.43. The SMILES string of the molecule is CCCCOC(c1ccc(C2(S(=O)[O-])CCC(=O)CC2)cc1)(C(F)(F)F)C(F)(F)F. The summed E-state index contributed by atoms with van der Waals surface area (Å²) in [5.41, 5.74) is -5.67. The molecule has 0 heterocycles. The number of hydrogen-bond acceptors (Lipinski definition) is 4. The minimum Gasteiger partial charge on any atom is -0.772 e. The van der Waals surface area contributed by atoms with Crippen LogP contribution in [0.15, 0.2) is 24.3 Å². The fourth-order valence-corrected chi connectivity index (χ4v) is 4.46. The quantitative estimate of drug-likeness (QED) is 0.326. The average Bonchev–Trinajstić information content (AvgIpc) is 2.64. The number of ether oxygens (including phenoxy) is 1. The number of carbonyl (C=O) groups is 1. The smallest absolute Gasteiger partial charge is 0.430 e. The summed E-state index contributed by atoms with van der Waals surface area (Å²) in [5.74, 6) is -0.148. The number of Topliss-reactive ketones (excluding diaryl/α,β-unsaturated/α-hetero) is 1. The molecule has 1 aromatic rings. The molecule has 1 atom stereocenters. The molecule has 0 spiro atoms. The Kier molecular flexibility index (Phi) is 7.41. The van der Waals surface area contributed by atoms with E-state index in [1.165, 1.54) is 0 Å². The summed E-state index contributed by atoms with van der Waals surface area (Å²) in [6, 6.07) is 3.09. The molecule has 0 amide bonds. The first-order valence-corrected chi connectivity index (χ1v) is 10.4. The van der Waals surface area contributed by atoms with Gasteiger partial charge in [0, 0.05) is 25.0 Å². The molecule has 30 heavy (non-hydrogen) atoms. The van der Waals surface area contributed by atoms with Gasteiger partial charge in [-0.25, -0.2) is 0 Å². The molecule has 0 aliphatic heterocycles. The van der Waals surface area contributed by atoms with Crippen LogP contribution in [0.1, 0.15) is 56.6 Å². The Morgan fingerprint density at radius 1 is 1.03 bits per heavy atom. The lowest BCUT2D eigenvalue weighted by Gasteiger charge is -2.40. The average molecular weight is 459 g/mol. The van der Waals surface area contributed by atoms with Crippen molar-refractivity contribution in [3.63, 3.8) is 0 Å². The van der Waals surface area contributed by atoms with Crippen LogP contribution < -0.4 is 0 Å². The third-order valence-electron chi connectivity index (χ3n) is 5.37. The van der Waals surface area contributed by atoms with Crippen molar-refractivity contribution in [3.8, 4) is 0 Å². The van der Waals surface area contributed by atoms with Crippen LogP contribution in [0.2, 0.25) is 0 Å². The number of hydrogen-bond donors (Lipinski definition) is 0. The number of rotatable bonds is 7. The lowest BCUT2D eigenvalue weighted by atomic mass is 9.81. The Labute approximate surface area is 172 Å². The summed E-state index contributed by atoms with van der Waals surface area (Å²) in [6.45, 7) is 0.840. The molecule has 4 nitrogen and oxygen atoms in total. The van der Waals surface area contributed by atoms with Crippen molar-refractivity contribution in [1.82, 2.24) is 0 Å². The van der Waals surface area contributed by atoms with Crippen molar-refractivity contribution in [1.29, 1.82) is 0 Å². The van der Waals surface area contributed by atoms with Gasteiger partial charge in [0.2, 0.25) is 0 Å². The second kappa shape index (κ2) is 8.96. The second-order valence-corrected chi connectivity index (χ2v) is 8.47. The van der Waals surface area contributed by atoms with Gasteiger partial charge in [0.05, 0.1) is 4.75 Å². The van der Waals surface area contributed by atoms with Crippen LogP contribution >= 0.6 is 0 Å². The molecule has 0 bridgehead atoms. The molecule has 2 rings (SSSR count). The zero-order valence-electron chi connectivity index (χ0n) is 16.1. The molecule has 1 unspecified atom stereocenters. The first-order chi connectivity index (χ1) is 13.8. The summed E-state index contributed by atoms with van der Waals surface area (Å²) < 4.78 is 109. The molecule has 1 aromatic carbocycles. The van der Waals surface area contributed by atoms with Gasteiger partial charge in [-0.2, -0.15) is 26.3 Å². The summed E-state index contributed by atoms with van der Waals surface area (Å²) in [7, 11) is 0. The number of ketones is 1. The van der Waals surface area contributed by atoms with E-state index in [1.807, 2.05) is 0 Å². The van der Waals surface area contributed by atoms with Gasteiger partial charge in [0.1, 0.15) is 5.78 Å². The van der Waals surface area contributed by atoms with E-state index in [4.69, 9.17) is 0 Å². The van der Waals surface area contributed by atoms with E-state index in [2.05, 4.69) is 4.74 Å². The molecule has 0 N–H and O–H groups in total. The zero-order valence-corrected chi connectivity index (χ0v) is 16.9. The first-order valence-electron chi connectivity index (χ1n) is 9.31. The van der Waals surface area contributed by atoms with Crippen LogP contribution in [0.25, 0.3) is 0 Å². The van der Waals surface area contributed by atoms with Gasteiger partial charge in [0.15, 0.2) is 0 Å². The third-order valence-corrected chi connectivity index (χ3v) is 6.65. The Balaban J connectivity index is 2.54. The van der Waals surface area contributed by atoms with Crippen LogP contribution in [0.5, 0.6) is 0 Å². The number of carbonyl (C=O) groups excluding carboxylic acids is 1. The van der Waals surface area contributed by atoms with Crippen molar-refractivity contribution in [2.45, 2.75) is 68.1 Å². The largest absolute Gasteiger partial charge is 0.772 e. The first kappa shape index (κ1) is 24.8. The van der Waals surface area contributed by atoms with Crippen molar-refractivity contribution in [3.05, 3.63) is 35.4 Å². The van der Waals surface area contributed by atoms with Crippen LogP contribution in [0.3, 0.4) is 0 Å². The van der Waals surface area contributed by atoms with Gasteiger partial charge in [-0.15, -0.1) is 0 Å². The van der Waals surface area contributed by atoms with Crippen molar-refractivity contribution in [2.75, 3.05) is 6.61 Å². The summed E-state index contributed by atoms with van der Waals surface area (Å²) in [4.78, 5) is 11.5. The fraction of sp³-hybridized carbons (Fsp3) is 0.632. The maximum Gasteiger partial charge on any atom is 0.430 e. The van der Waals surface area contributed by atoms with Gasteiger partial charge in [0.25, 0.3) is 5.60 Å². The molecule has 0 radical (unpaired) electrons. The minimum atomic E-state index is -5.79. The van der Waals surface area contributed by atoms with Crippen LogP contribution in [-0.4, -0.2) is 33.5 Å². The van der Waals surface area contributed by atoms with E-state index >= 15 is 0 Å². The predicted octanol–water partition coefficient (Wildman–Crippen LogP) is 5.04. The Hall–Kier alpha value is -1.46. The van der Waals surface area contributed by atoms with Crippen molar-refractivity contribution in [2.24, 2.45) is 0 Å². The number of unbranched alkanes of at least 4 members (excludes halogenated alkanes) is 1. The van der Waals surface area contributed by atoms with E-state index in [0.717, 1.165) is 12.1 Å². The molecule has 1 aliphatic carbocycles. The molecule has 0 aromatic heterocycles. The molecular formula is C19H21F6O4S-. The van der Waals surface area contributed by atoms with E-state index < -0.39 is 46.0 Å². The Bertz CT molecular complexity index is 749. The maximum atomic E-state index is 13.7. The Morgan fingerprint density at radius 3 is 1.93 bits per heavy atom. The van der Waals surface area contributed by atoms with Gasteiger partial charge >= 0.3 is 12.4 Å². The lowest BCUT2D eigenvalue weighted by Crippen LogP contribution is -2.56. The normalized spacial score (nSPS) is 19.0. The monoisotopic (exact) mass is 459 g/mol. The lowest BCUT2D eigenvalue weighted by molar-refractivity contribution is -0.389. The number of benzene rings is 1. The van der Waals surface area contributed by atoms with E-state index in [9.17, 15) is 39.9 Å². The highest BCUT2D eigenvalue weighted by Crippen LogP contribution is 2.53. The molecule has 1 fully saturated rings. The fourth-order valence-electron chi connectivity index (χ4n) is 3.60. The topological polar surface area (TPSA) is 66.4 Å². The van der Waals surface area contributed by atoms with Crippen molar-refractivity contribution < 1.29 is 44.6 Å². The molecule has 1 saturated carbocycles. The summed E-state index contributed by atoms with van der Waals surface area (Å²) in [6.07, 6.45) is -11.5. The number of halogens is 6. The van der Waals surface area contributed by atoms with Crippen molar-refractivity contribution >= 4 is 16.9 Å². The van der Waals surface area contributed by atoms with Gasteiger partial charge in [-0.05, 0) is 35.9 Å². The van der Waals surface area contributed by atoms with E-state index in [-0.39, 0.29) is 43.5 Å². The molecule has 1 aliphatic rings. The van der Waals surface area contributed by atoms with Crippen LogP contribution in [0.4, 0.5) is 26.3 Å². The number of alkyl halides is 6. The minimum absolute atomic E-state index is 0.00169. The highest BCUT2D eigenvalue weighted by atomic mass is 32.2. The van der Waals surface area contributed by atoms with Gasteiger partial charge in [-0.3, -0.25) is 9.00 Å². The van der Waals surface area contributed by atoms with Gasteiger partial charge < -0.3 is 9.29 Å². The highest BCUT2D eigenvalue weighted by Gasteiger charge is 2.73. The van der Waals surface area contributed by atoms with Crippen LogP contribution in [-0.2, 0) is 31.0 Å². The standard InChI is InChI=1S/C19H22F6O4S/c1-2-3-12-29-17(18(20,21)22,19(23,24)25)14-6-4-13(5-7-14)16(30(27)28)10-8-15(26)9-11-16/h4-7H,2-3,8-12H2,1H3,(H,27,28)/p-1. The van der Waals surface area contributed by atoms with Crippen LogP contribution in [0, 0.1) is 0 Å². The van der Waals surface area contributed by atoms with E-state index in [0.29, 0.717) is 18.6 Å². The second-order valence-electron chi connectivity index (χ2n) is 7.22.